The van der Waals surface area contributed by atoms with Crippen LogP contribution in [0.2, 0.25) is 0 Å². The summed E-state index contributed by atoms with van der Waals surface area (Å²) in [6, 6.07) is 33.7. The minimum atomic E-state index is -0.200. The first-order chi connectivity index (χ1) is 21.6. The number of phenols is 1. The van der Waals surface area contributed by atoms with E-state index in [0.29, 0.717) is 5.75 Å². The molecule has 0 saturated carbocycles. The van der Waals surface area contributed by atoms with Crippen LogP contribution in [0.1, 0.15) is 79.0 Å². The van der Waals surface area contributed by atoms with Crippen molar-refractivity contribution in [2.24, 2.45) is 0 Å². The zero-order valence-electron chi connectivity index (χ0n) is 28.7. The first kappa shape index (κ1) is 35.0. The molecule has 0 unspecified atom stereocenters. The molecule has 0 bridgehead atoms. The molecule has 0 aliphatic carbocycles. The van der Waals surface area contributed by atoms with Gasteiger partial charge in [0.2, 0.25) is 0 Å². The second-order valence-electron chi connectivity index (χ2n) is 15.3. The number of hydrogen-bond acceptors (Lipinski definition) is 3. The molecule has 6 aromatic rings. The number of fused-ring (bicyclic) bond motifs is 1. The molecule has 244 valence electrons. The summed E-state index contributed by atoms with van der Waals surface area (Å²) in [6.45, 7) is 19.9. The third kappa shape index (κ3) is 7.26. The van der Waals surface area contributed by atoms with Crippen molar-refractivity contribution in [3.63, 3.8) is 0 Å². The normalized spacial score (nSPS) is 12.3. The average molecular weight is 866 g/mol. The molecule has 0 radical (unpaired) electrons. The van der Waals surface area contributed by atoms with Crippen LogP contribution in [0.15, 0.2) is 91.1 Å². The summed E-state index contributed by atoms with van der Waals surface area (Å²) in [5.41, 5.74) is 11.1. The molecule has 6 rings (SSSR count). The molecule has 0 amide bonds. The molecule has 0 fully saturated rings. The maximum atomic E-state index is 11.6. The van der Waals surface area contributed by atoms with Gasteiger partial charge in [0.05, 0.1) is 0 Å². The Labute approximate surface area is 300 Å². The Kier molecular flexibility index (Phi) is 9.66. The number of phenolic OH excluding ortho intramolecular Hbond substituents is 1. The SMILES string of the molecule is CC(C)(C)c1cc(-c2cc(-c3ccccc3)ccn2)[c-]c(-c2cccc3[se]c(-c4cc(C(C)(C)C)cc(C(C)(C)C)c4O)nc23)c1.[Pt]. The fourth-order valence-electron chi connectivity index (χ4n) is 5.76. The van der Waals surface area contributed by atoms with E-state index in [-0.39, 0.29) is 51.8 Å². The number of pyridine rings is 1. The Morgan fingerprint density at radius 3 is 1.96 bits per heavy atom. The van der Waals surface area contributed by atoms with E-state index >= 15 is 0 Å². The van der Waals surface area contributed by atoms with Crippen molar-refractivity contribution in [1.29, 1.82) is 0 Å². The van der Waals surface area contributed by atoms with Crippen molar-refractivity contribution < 1.29 is 26.2 Å². The van der Waals surface area contributed by atoms with Gasteiger partial charge in [-0.3, -0.25) is 0 Å². The zero-order chi connectivity index (χ0) is 33.0. The summed E-state index contributed by atoms with van der Waals surface area (Å²) in [6.07, 6.45) is 1.89. The largest absolute Gasteiger partial charge is 0 e. The van der Waals surface area contributed by atoms with Crippen LogP contribution in [0.5, 0.6) is 5.75 Å². The van der Waals surface area contributed by atoms with Gasteiger partial charge >= 0.3 is 275 Å². The zero-order valence-corrected chi connectivity index (χ0v) is 32.7. The van der Waals surface area contributed by atoms with Crippen molar-refractivity contribution in [3.8, 4) is 49.4 Å². The molecule has 0 atom stereocenters. The molecule has 2 aromatic heterocycles. The fourth-order valence-corrected chi connectivity index (χ4v) is 7.88. The number of benzene rings is 4. The van der Waals surface area contributed by atoms with Gasteiger partial charge in [-0.1, -0.05) is 6.07 Å². The Bertz CT molecular complexity index is 2060. The minimum Gasteiger partial charge on any atom is 0 e. The van der Waals surface area contributed by atoms with Gasteiger partial charge in [0, 0.05) is 21.1 Å². The van der Waals surface area contributed by atoms with Crippen molar-refractivity contribution in [3.05, 3.63) is 114 Å². The van der Waals surface area contributed by atoms with Crippen LogP contribution in [0.25, 0.3) is 53.4 Å². The molecule has 5 heteroatoms. The molecule has 3 nitrogen and oxygen atoms in total. The molecule has 0 aliphatic heterocycles. The van der Waals surface area contributed by atoms with Crippen LogP contribution in [-0.4, -0.2) is 29.6 Å². The van der Waals surface area contributed by atoms with Gasteiger partial charge in [0.1, 0.15) is 0 Å². The van der Waals surface area contributed by atoms with Crippen LogP contribution in [0, 0.1) is 6.07 Å². The second-order valence-corrected chi connectivity index (χ2v) is 17.5. The van der Waals surface area contributed by atoms with E-state index in [0.717, 1.165) is 54.7 Å². The summed E-state index contributed by atoms with van der Waals surface area (Å²) in [7, 11) is 0. The number of para-hydroxylation sites is 1. The van der Waals surface area contributed by atoms with E-state index in [2.05, 4.69) is 147 Å². The Morgan fingerprint density at radius 2 is 1.30 bits per heavy atom. The number of nitrogens with zero attached hydrogens (tertiary/aromatic N) is 2. The van der Waals surface area contributed by atoms with E-state index < -0.39 is 0 Å². The molecule has 0 spiro atoms. The third-order valence-electron chi connectivity index (χ3n) is 8.60. The van der Waals surface area contributed by atoms with Crippen molar-refractivity contribution >= 4 is 24.3 Å². The Hall–Kier alpha value is -3.29. The second kappa shape index (κ2) is 13.0. The fraction of sp³-hybridized carbons (Fsp3) is 0.286. The van der Waals surface area contributed by atoms with Gasteiger partial charge < -0.3 is 0 Å². The van der Waals surface area contributed by atoms with Gasteiger partial charge in [-0.2, -0.15) is 0 Å². The van der Waals surface area contributed by atoms with E-state index in [1.54, 1.807) is 0 Å². The standard InChI is InChI=1S/C42H43N2OSe.Pt/c1-40(2,3)30-21-28(20-29(22-30)35-23-27(18-19-43-35)26-14-11-10-12-15-26)32-16-13-17-36-37(32)44-39(46-36)33-24-31(41(4,5)6)25-34(38(33)45)42(7,8)9;/h10-19,21-25,45H,1-9H3;/q-1;. The maximum absolute atomic E-state index is 11.6. The number of aromatic nitrogens is 2. The Balaban J connectivity index is 0.00000433. The molecule has 47 heavy (non-hydrogen) atoms. The molecule has 0 saturated heterocycles. The average Bonchev–Trinajstić information content (AvgIpc) is 3.44. The molecule has 4 aromatic carbocycles. The molecular formula is C42H43N2OPtSe-. The maximum Gasteiger partial charge on any atom is 0 e. The first-order valence-corrected chi connectivity index (χ1v) is 17.7. The minimum absolute atomic E-state index is 0. The van der Waals surface area contributed by atoms with Gasteiger partial charge in [0.15, 0.2) is 0 Å². The number of rotatable bonds is 4. The van der Waals surface area contributed by atoms with Crippen molar-refractivity contribution in [2.75, 3.05) is 0 Å². The molecule has 1 N–H and O–H groups in total. The van der Waals surface area contributed by atoms with Gasteiger partial charge in [-0.15, -0.1) is 0 Å². The van der Waals surface area contributed by atoms with Gasteiger partial charge in [-0.25, -0.2) is 0 Å². The van der Waals surface area contributed by atoms with E-state index in [1.807, 2.05) is 12.3 Å². The van der Waals surface area contributed by atoms with Gasteiger partial charge in [-0.05, 0) is 0 Å². The van der Waals surface area contributed by atoms with Crippen LogP contribution in [0.3, 0.4) is 0 Å². The quantitative estimate of drug-likeness (QED) is 0.142. The molecule has 2 heterocycles. The predicted molar refractivity (Wildman–Crippen MR) is 195 cm³/mol. The topological polar surface area (TPSA) is 46.0 Å². The smallest absolute Gasteiger partial charge is 0 e. The molecule has 0 aliphatic rings. The van der Waals surface area contributed by atoms with E-state index in [9.17, 15) is 5.11 Å². The Morgan fingerprint density at radius 1 is 0.638 bits per heavy atom. The predicted octanol–water partition coefficient (Wildman–Crippen LogP) is 10.8. The van der Waals surface area contributed by atoms with E-state index in [4.69, 9.17) is 9.97 Å². The monoisotopic (exact) mass is 866 g/mol. The number of aromatic hydroxyl groups is 1. The molecular weight excluding hydrogens is 823 g/mol. The van der Waals surface area contributed by atoms with Crippen molar-refractivity contribution in [2.45, 2.75) is 78.6 Å². The summed E-state index contributed by atoms with van der Waals surface area (Å²) in [5.74, 6) is 0.350. The van der Waals surface area contributed by atoms with E-state index in [1.165, 1.54) is 15.4 Å². The van der Waals surface area contributed by atoms with Crippen LogP contribution < -0.4 is 0 Å². The summed E-state index contributed by atoms with van der Waals surface area (Å²) >= 11 is -0.0511. The number of hydrogen-bond donors (Lipinski definition) is 1. The van der Waals surface area contributed by atoms with Crippen LogP contribution in [0.4, 0.5) is 0 Å². The first-order valence-electron chi connectivity index (χ1n) is 16.0. The van der Waals surface area contributed by atoms with Gasteiger partial charge in [0.25, 0.3) is 0 Å². The van der Waals surface area contributed by atoms with Crippen LogP contribution >= 0.6 is 0 Å². The summed E-state index contributed by atoms with van der Waals surface area (Å²) in [5, 5.41) is 11.6. The third-order valence-corrected chi connectivity index (χ3v) is 10.8. The summed E-state index contributed by atoms with van der Waals surface area (Å²) in [4.78, 5) is 10.1. The summed E-state index contributed by atoms with van der Waals surface area (Å²) < 4.78 is 2.19. The van der Waals surface area contributed by atoms with Crippen LogP contribution in [-0.2, 0) is 37.3 Å². The van der Waals surface area contributed by atoms with Crippen molar-refractivity contribution in [1.82, 2.24) is 9.97 Å².